The Hall–Kier alpha value is -1.52. The molecule has 0 saturated carbocycles. The number of hydrogen-bond donors (Lipinski definition) is 5. The highest BCUT2D eigenvalue weighted by Gasteiger charge is 2.44. The molecule has 144 valence electrons. The normalized spacial score (nSPS) is 28.7. The molecule has 0 spiro atoms. The first-order valence-electron chi connectivity index (χ1n) is 8.56. The van der Waals surface area contributed by atoms with E-state index in [-0.39, 0.29) is 5.75 Å². The maximum absolute atomic E-state index is 10.3. The molecular formula is C19H20O6S2. The summed E-state index contributed by atoms with van der Waals surface area (Å²) in [5, 5.41) is 53.2. The third kappa shape index (κ3) is 3.50. The Balaban J connectivity index is 1.62. The second kappa shape index (κ2) is 7.48. The Morgan fingerprint density at radius 1 is 1.00 bits per heavy atom. The van der Waals surface area contributed by atoms with Crippen LogP contribution in [-0.4, -0.2) is 56.6 Å². The lowest BCUT2D eigenvalue weighted by Gasteiger charge is -2.40. The van der Waals surface area contributed by atoms with Gasteiger partial charge in [0.2, 0.25) is 0 Å². The Morgan fingerprint density at radius 3 is 2.56 bits per heavy atom. The monoisotopic (exact) mass is 408 g/mol. The lowest BCUT2D eigenvalue weighted by atomic mass is 9.90. The molecule has 0 unspecified atom stereocenters. The van der Waals surface area contributed by atoms with E-state index in [1.807, 2.05) is 0 Å². The third-order valence-corrected chi connectivity index (χ3v) is 7.07. The van der Waals surface area contributed by atoms with Crippen molar-refractivity contribution in [2.24, 2.45) is 0 Å². The fraction of sp³-hybridized carbons (Fsp3) is 0.368. The van der Waals surface area contributed by atoms with Gasteiger partial charge in [0.1, 0.15) is 36.3 Å². The molecule has 1 fully saturated rings. The zero-order chi connectivity index (χ0) is 19.1. The topological polar surface area (TPSA) is 110 Å². The highest BCUT2D eigenvalue weighted by atomic mass is 32.2. The first-order valence-corrected chi connectivity index (χ1v) is 10.3. The molecule has 1 aliphatic rings. The maximum Gasteiger partial charge on any atom is 0.121 e. The van der Waals surface area contributed by atoms with Gasteiger partial charge in [0.15, 0.2) is 0 Å². The van der Waals surface area contributed by atoms with E-state index >= 15 is 0 Å². The summed E-state index contributed by atoms with van der Waals surface area (Å²) in [5.74, 6) is -0.0738. The first kappa shape index (κ1) is 18.8. The van der Waals surface area contributed by atoms with Gasteiger partial charge in [0.25, 0.3) is 0 Å². The van der Waals surface area contributed by atoms with Crippen molar-refractivity contribution in [2.75, 3.05) is 6.61 Å². The first-order chi connectivity index (χ1) is 13.0. The number of thiophene rings is 2. The predicted molar refractivity (Wildman–Crippen MR) is 103 cm³/mol. The van der Waals surface area contributed by atoms with Gasteiger partial charge in [-0.15, -0.1) is 22.7 Å². The van der Waals surface area contributed by atoms with Gasteiger partial charge in [0.05, 0.1) is 10.6 Å². The molecule has 5 atom stereocenters. The van der Waals surface area contributed by atoms with Crippen molar-refractivity contribution < 1.29 is 30.3 Å². The van der Waals surface area contributed by atoms with Crippen LogP contribution in [0.1, 0.15) is 22.1 Å². The van der Waals surface area contributed by atoms with Crippen LogP contribution in [0.3, 0.4) is 0 Å². The molecule has 3 aromatic rings. The summed E-state index contributed by atoms with van der Waals surface area (Å²) >= 11 is 3.42. The lowest BCUT2D eigenvalue weighted by Crippen LogP contribution is -2.55. The van der Waals surface area contributed by atoms with E-state index in [2.05, 4.69) is 17.5 Å². The Bertz CT molecular complexity index is 905. The summed E-state index contributed by atoms with van der Waals surface area (Å²) in [5.41, 5.74) is 1.25. The molecule has 4 rings (SSSR count). The lowest BCUT2D eigenvalue weighted by molar-refractivity contribution is -0.232. The minimum Gasteiger partial charge on any atom is -0.508 e. The van der Waals surface area contributed by atoms with Crippen LogP contribution >= 0.6 is 22.7 Å². The highest BCUT2D eigenvalue weighted by Crippen LogP contribution is 2.38. The van der Waals surface area contributed by atoms with Crippen LogP contribution in [0.25, 0.3) is 9.40 Å². The number of aliphatic hydroxyl groups is 4. The van der Waals surface area contributed by atoms with Crippen LogP contribution in [0.2, 0.25) is 0 Å². The van der Waals surface area contributed by atoms with Crippen molar-refractivity contribution in [3.63, 3.8) is 0 Å². The Kier molecular flexibility index (Phi) is 5.21. The van der Waals surface area contributed by atoms with Gasteiger partial charge in [-0.25, -0.2) is 0 Å². The summed E-state index contributed by atoms with van der Waals surface area (Å²) in [6.45, 7) is -0.506. The van der Waals surface area contributed by atoms with Crippen molar-refractivity contribution in [2.45, 2.75) is 36.9 Å². The van der Waals surface area contributed by atoms with E-state index in [9.17, 15) is 25.5 Å². The van der Waals surface area contributed by atoms with Gasteiger partial charge in [0, 0.05) is 22.2 Å². The molecule has 3 heterocycles. The average Bonchev–Trinajstić information content (AvgIpc) is 3.23. The van der Waals surface area contributed by atoms with E-state index in [0.717, 1.165) is 5.56 Å². The number of rotatable bonds is 4. The second-order valence-electron chi connectivity index (χ2n) is 6.70. The van der Waals surface area contributed by atoms with Crippen molar-refractivity contribution in [1.82, 2.24) is 0 Å². The zero-order valence-electron chi connectivity index (χ0n) is 14.2. The largest absolute Gasteiger partial charge is 0.508 e. The molecular weight excluding hydrogens is 388 g/mol. The quantitative estimate of drug-likeness (QED) is 0.450. The molecule has 8 heteroatoms. The van der Waals surface area contributed by atoms with E-state index < -0.39 is 37.1 Å². The fourth-order valence-corrected chi connectivity index (χ4v) is 5.60. The van der Waals surface area contributed by atoms with Crippen molar-refractivity contribution >= 4 is 32.1 Å². The highest BCUT2D eigenvalue weighted by molar-refractivity contribution is 7.37. The van der Waals surface area contributed by atoms with Crippen molar-refractivity contribution in [3.05, 3.63) is 51.7 Å². The molecule has 1 aliphatic heterocycles. The maximum atomic E-state index is 10.3. The number of aromatic hydroxyl groups is 1. The number of aliphatic hydroxyl groups excluding tert-OH is 4. The van der Waals surface area contributed by atoms with Crippen LogP contribution in [-0.2, 0) is 11.2 Å². The SMILES string of the molecule is OC[C@H]1O[C@@H](c2cc(Cc3cc4ccsc4s3)ccc2O)[C@H](O)[C@@H](O)[C@@H]1O. The summed E-state index contributed by atoms with van der Waals surface area (Å²) < 4.78 is 6.83. The van der Waals surface area contributed by atoms with Gasteiger partial charge in [-0.05, 0) is 35.2 Å². The molecule has 27 heavy (non-hydrogen) atoms. The van der Waals surface area contributed by atoms with Crippen LogP contribution in [0.5, 0.6) is 5.75 Å². The van der Waals surface area contributed by atoms with Crippen LogP contribution < -0.4 is 0 Å². The van der Waals surface area contributed by atoms with Gasteiger partial charge in [-0.3, -0.25) is 0 Å². The number of phenols is 1. The molecule has 0 amide bonds. The molecule has 0 bridgehead atoms. The second-order valence-corrected chi connectivity index (χ2v) is 9.01. The third-order valence-electron chi connectivity index (χ3n) is 4.87. The number of fused-ring (bicyclic) bond motifs is 1. The summed E-state index contributed by atoms with van der Waals surface area (Å²) in [7, 11) is 0. The molecule has 0 aliphatic carbocycles. The summed E-state index contributed by atoms with van der Waals surface area (Å²) in [6.07, 6.45) is -5.72. The summed E-state index contributed by atoms with van der Waals surface area (Å²) in [4.78, 5) is 1.18. The predicted octanol–water partition coefficient (Wildman–Crippen LogP) is 1.77. The van der Waals surface area contributed by atoms with Crippen LogP contribution in [0, 0.1) is 0 Å². The van der Waals surface area contributed by atoms with Crippen LogP contribution in [0.15, 0.2) is 35.7 Å². The number of ether oxygens (including phenoxy) is 1. The molecule has 2 aromatic heterocycles. The number of hydrogen-bond acceptors (Lipinski definition) is 8. The smallest absolute Gasteiger partial charge is 0.121 e. The van der Waals surface area contributed by atoms with Gasteiger partial charge in [-0.2, -0.15) is 0 Å². The van der Waals surface area contributed by atoms with Crippen LogP contribution in [0.4, 0.5) is 0 Å². The zero-order valence-corrected chi connectivity index (χ0v) is 15.9. The summed E-state index contributed by atoms with van der Waals surface area (Å²) in [6, 6.07) is 9.28. The van der Waals surface area contributed by atoms with Gasteiger partial charge >= 0.3 is 0 Å². The van der Waals surface area contributed by atoms with E-state index in [4.69, 9.17) is 4.74 Å². The van der Waals surface area contributed by atoms with Gasteiger partial charge in [-0.1, -0.05) is 6.07 Å². The van der Waals surface area contributed by atoms with Crippen molar-refractivity contribution in [1.29, 1.82) is 0 Å². The Morgan fingerprint density at radius 2 is 1.81 bits per heavy atom. The molecule has 5 N–H and O–H groups in total. The number of phenolic OH excluding ortho intramolecular Hbond substituents is 1. The van der Waals surface area contributed by atoms with Gasteiger partial charge < -0.3 is 30.3 Å². The Labute approximate surface area is 163 Å². The standard InChI is InChI=1S/C19H20O6S2/c20-8-14-15(22)16(23)17(24)18(25-14)12-6-9(1-2-13(12)21)5-11-7-10-3-4-26-19(10)27-11/h1-4,6-7,14-18,20-24H,5,8H2/t14-,15-,16+,17-,18+/m1/s1. The van der Waals surface area contributed by atoms with E-state index in [1.165, 1.54) is 20.3 Å². The van der Waals surface area contributed by atoms with E-state index in [0.29, 0.717) is 12.0 Å². The minimum absolute atomic E-state index is 0.0738. The molecule has 1 aromatic carbocycles. The fourth-order valence-electron chi connectivity index (χ4n) is 3.41. The molecule has 6 nitrogen and oxygen atoms in total. The minimum atomic E-state index is -1.48. The number of benzene rings is 1. The van der Waals surface area contributed by atoms with E-state index in [1.54, 1.807) is 34.8 Å². The average molecular weight is 408 g/mol. The van der Waals surface area contributed by atoms with Crippen molar-refractivity contribution in [3.8, 4) is 5.75 Å². The molecule has 1 saturated heterocycles. The molecule has 0 radical (unpaired) electrons.